The zero-order valence-electron chi connectivity index (χ0n) is 17.6. The first-order chi connectivity index (χ1) is 15.5. The third kappa shape index (κ3) is 4.78. The number of aromatic nitrogens is 2. The topological polar surface area (TPSA) is 73.6 Å². The van der Waals surface area contributed by atoms with Crippen molar-refractivity contribution in [3.63, 3.8) is 0 Å². The lowest BCUT2D eigenvalue weighted by Crippen LogP contribution is -2.32. The van der Waals surface area contributed by atoms with E-state index in [0.717, 1.165) is 5.75 Å². The second-order valence-electron chi connectivity index (χ2n) is 7.26. The largest absolute Gasteiger partial charge is 0.494 e. The van der Waals surface area contributed by atoms with Gasteiger partial charge in [-0.3, -0.25) is 4.79 Å². The molecular formula is C25H23FN2O4. The van der Waals surface area contributed by atoms with Gasteiger partial charge in [0.1, 0.15) is 30.0 Å². The summed E-state index contributed by atoms with van der Waals surface area (Å²) in [6.45, 7) is 2.42. The summed E-state index contributed by atoms with van der Waals surface area (Å²) in [5, 5.41) is 16.1. The first-order valence-electron chi connectivity index (χ1n) is 10.3. The summed E-state index contributed by atoms with van der Waals surface area (Å²) in [6.07, 6.45) is -0.964. The van der Waals surface area contributed by atoms with E-state index in [4.69, 9.17) is 9.47 Å². The highest BCUT2D eigenvalue weighted by molar-refractivity contribution is 5.93. The van der Waals surface area contributed by atoms with Gasteiger partial charge in [0.2, 0.25) is 0 Å². The predicted molar refractivity (Wildman–Crippen MR) is 121 cm³/mol. The third-order valence-electron chi connectivity index (χ3n) is 4.95. The van der Waals surface area contributed by atoms with Crippen molar-refractivity contribution in [2.24, 2.45) is 0 Å². The molecule has 4 rings (SSSR count). The van der Waals surface area contributed by atoms with E-state index >= 15 is 0 Å². The molecule has 0 fully saturated rings. The maximum Gasteiger partial charge on any atom is 0.274 e. The van der Waals surface area contributed by atoms with Crippen molar-refractivity contribution < 1.29 is 19.0 Å². The minimum absolute atomic E-state index is 0.0131. The molecule has 32 heavy (non-hydrogen) atoms. The van der Waals surface area contributed by atoms with Crippen LogP contribution in [0.1, 0.15) is 6.92 Å². The molecule has 6 nitrogen and oxygen atoms in total. The van der Waals surface area contributed by atoms with Crippen LogP contribution in [0.4, 0.5) is 4.39 Å². The molecule has 1 aromatic heterocycles. The summed E-state index contributed by atoms with van der Waals surface area (Å²) in [4.78, 5) is 12.9. The Balaban J connectivity index is 1.56. The average Bonchev–Trinajstić information content (AvgIpc) is 2.81. The van der Waals surface area contributed by atoms with Gasteiger partial charge in [0.15, 0.2) is 0 Å². The molecule has 1 N–H and O–H groups in total. The molecule has 3 aromatic carbocycles. The molecule has 0 spiro atoms. The van der Waals surface area contributed by atoms with Crippen LogP contribution in [-0.2, 0) is 6.54 Å². The Morgan fingerprint density at radius 2 is 1.56 bits per heavy atom. The minimum Gasteiger partial charge on any atom is -0.494 e. The van der Waals surface area contributed by atoms with Crippen molar-refractivity contribution in [1.29, 1.82) is 0 Å². The summed E-state index contributed by atoms with van der Waals surface area (Å²) in [6, 6.07) is 20.1. The monoisotopic (exact) mass is 434 g/mol. The van der Waals surface area contributed by atoms with Gasteiger partial charge in [-0.25, -0.2) is 9.07 Å². The molecule has 0 bridgehead atoms. The Kier molecular flexibility index (Phi) is 6.47. The van der Waals surface area contributed by atoms with E-state index in [0.29, 0.717) is 34.4 Å². The molecule has 164 valence electrons. The molecule has 7 heteroatoms. The smallest absolute Gasteiger partial charge is 0.274 e. The van der Waals surface area contributed by atoms with Crippen molar-refractivity contribution in [1.82, 2.24) is 9.78 Å². The van der Waals surface area contributed by atoms with Crippen LogP contribution in [0.25, 0.3) is 22.0 Å². The second kappa shape index (κ2) is 9.62. The highest BCUT2D eigenvalue weighted by Crippen LogP contribution is 2.25. The molecule has 0 amide bonds. The quantitative estimate of drug-likeness (QED) is 0.453. The normalized spacial score (nSPS) is 12.0. The first-order valence-corrected chi connectivity index (χ1v) is 10.3. The molecular weight excluding hydrogens is 411 g/mol. The number of rotatable bonds is 8. The van der Waals surface area contributed by atoms with Crippen molar-refractivity contribution in [2.45, 2.75) is 19.6 Å². The summed E-state index contributed by atoms with van der Waals surface area (Å²) >= 11 is 0. The third-order valence-corrected chi connectivity index (χ3v) is 4.95. The molecule has 1 atom stereocenters. The number of ether oxygens (including phenoxy) is 2. The molecule has 0 aliphatic rings. The van der Waals surface area contributed by atoms with E-state index in [-0.39, 0.29) is 24.5 Å². The Hall–Kier alpha value is -3.71. The first kappa shape index (κ1) is 21.5. The van der Waals surface area contributed by atoms with E-state index in [1.807, 2.05) is 13.0 Å². The maximum absolute atomic E-state index is 13.4. The fourth-order valence-corrected chi connectivity index (χ4v) is 3.42. The zero-order chi connectivity index (χ0) is 22.5. The van der Waals surface area contributed by atoms with Crippen LogP contribution in [-0.4, -0.2) is 34.2 Å². The lowest BCUT2D eigenvalue weighted by molar-refractivity contribution is 0.0882. The van der Waals surface area contributed by atoms with E-state index in [1.54, 1.807) is 54.6 Å². The standard InChI is InChI=1S/C25H23FN2O4/c1-2-31-20-11-13-21(14-12-20)32-16-19(29)15-28-25(30)23-6-4-3-5-22(23)24(27-28)17-7-9-18(26)10-8-17/h3-14,19,29H,2,15-16H2,1H3/t19-/m0/s1. The highest BCUT2D eigenvalue weighted by Gasteiger charge is 2.15. The number of hydrogen-bond acceptors (Lipinski definition) is 5. The van der Waals surface area contributed by atoms with Crippen LogP contribution in [0.2, 0.25) is 0 Å². The Labute approximate surface area is 184 Å². The number of fused-ring (bicyclic) bond motifs is 1. The SMILES string of the molecule is CCOc1ccc(OC[C@@H](O)Cn2nc(-c3ccc(F)cc3)c3ccccc3c2=O)cc1. The van der Waals surface area contributed by atoms with E-state index in [9.17, 15) is 14.3 Å². The molecule has 4 aromatic rings. The lowest BCUT2D eigenvalue weighted by atomic mass is 10.1. The van der Waals surface area contributed by atoms with Gasteiger partial charge in [0.25, 0.3) is 5.56 Å². The maximum atomic E-state index is 13.4. The van der Waals surface area contributed by atoms with Crippen molar-refractivity contribution in [2.75, 3.05) is 13.2 Å². The number of halogens is 1. The van der Waals surface area contributed by atoms with Gasteiger partial charge < -0.3 is 14.6 Å². The summed E-state index contributed by atoms with van der Waals surface area (Å²) < 4.78 is 25.7. The van der Waals surface area contributed by atoms with Gasteiger partial charge in [-0.1, -0.05) is 18.2 Å². The number of aliphatic hydroxyl groups is 1. The van der Waals surface area contributed by atoms with Crippen molar-refractivity contribution in [3.05, 3.63) is 89.0 Å². The predicted octanol–water partition coefficient (Wildman–Crippen LogP) is 4.04. The summed E-state index contributed by atoms with van der Waals surface area (Å²) in [7, 11) is 0. The van der Waals surface area contributed by atoms with E-state index in [2.05, 4.69) is 5.10 Å². The molecule has 0 aliphatic carbocycles. The van der Waals surface area contributed by atoms with Gasteiger partial charge in [-0.2, -0.15) is 5.10 Å². The Morgan fingerprint density at radius 1 is 0.938 bits per heavy atom. The molecule has 1 heterocycles. The van der Waals surface area contributed by atoms with Crippen LogP contribution < -0.4 is 15.0 Å². The number of aliphatic hydroxyl groups excluding tert-OH is 1. The molecule has 0 radical (unpaired) electrons. The van der Waals surface area contributed by atoms with Gasteiger partial charge in [0, 0.05) is 10.9 Å². The fourth-order valence-electron chi connectivity index (χ4n) is 3.42. The van der Waals surface area contributed by atoms with Crippen LogP contribution in [0.5, 0.6) is 11.5 Å². The number of nitrogens with zero attached hydrogens (tertiary/aromatic N) is 2. The van der Waals surface area contributed by atoms with Gasteiger partial charge >= 0.3 is 0 Å². The molecule has 0 unspecified atom stereocenters. The van der Waals surface area contributed by atoms with E-state index in [1.165, 1.54) is 16.8 Å². The number of hydrogen-bond donors (Lipinski definition) is 1. The Morgan fingerprint density at radius 3 is 2.22 bits per heavy atom. The molecule has 0 aliphatic heterocycles. The van der Waals surface area contributed by atoms with Crippen LogP contribution in [0.3, 0.4) is 0 Å². The van der Waals surface area contributed by atoms with Crippen LogP contribution in [0, 0.1) is 5.82 Å². The van der Waals surface area contributed by atoms with Crippen LogP contribution >= 0.6 is 0 Å². The summed E-state index contributed by atoms with van der Waals surface area (Å²) in [5.74, 6) is 0.965. The van der Waals surface area contributed by atoms with Gasteiger partial charge in [0.05, 0.1) is 24.2 Å². The number of benzene rings is 3. The summed E-state index contributed by atoms with van der Waals surface area (Å²) in [5.41, 5.74) is 0.905. The van der Waals surface area contributed by atoms with Crippen molar-refractivity contribution in [3.8, 4) is 22.8 Å². The molecule has 0 saturated heterocycles. The van der Waals surface area contributed by atoms with E-state index < -0.39 is 6.10 Å². The average molecular weight is 434 g/mol. The van der Waals surface area contributed by atoms with Crippen LogP contribution in [0.15, 0.2) is 77.6 Å². The Bertz CT molecular complexity index is 1250. The molecule has 0 saturated carbocycles. The zero-order valence-corrected chi connectivity index (χ0v) is 17.6. The highest BCUT2D eigenvalue weighted by atomic mass is 19.1. The van der Waals surface area contributed by atoms with Gasteiger partial charge in [-0.15, -0.1) is 0 Å². The second-order valence-corrected chi connectivity index (χ2v) is 7.26. The minimum atomic E-state index is -0.964. The lowest BCUT2D eigenvalue weighted by Gasteiger charge is -2.16. The van der Waals surface area contributed by atoms with Gasteiger partial charge in [-0.05, 0) is 61.5 Å². The fraction of sp³-hybridized carbons (Fsp3) is 0.200. The van der Waals surface area contributed by atoms with Crippen molar-refractivity contribution >= 4 is 10.8 Å².